The Morgan fingerprint density at radius 3 is 2.14 bits per heavy atom. The Balaban J connectivity index is 1.65. The molecule has 0 spiro atoms. The Labute approximate surface area is 131 Å². The molecule has 2 fully saturated rings. The van der Waals surface area contributed by atoms with Crippen LogP contribution >= 0.6 is 0 Å². The van der Waals surface area contributed by atoms with Gasteiger partial charge in [-0.1, -0.05) is 31.1 Å². The number of rotatable bonds is 7. The summed E-state index contributed by atoms with van der Waals surface area (Å²) < 4.78 is 5.09. The third-order valence-corrected chi connectivity index (χ3v) is 5.82. The Hall–Kier alpha value is -0.560. The zero-order valence-electron chi connectivity index (χ0n) is 13.9. The van der Waals surface area contributed by atoms with Crippen molar-refractivity contribution >= 4 is 0 Å². The summed E-state index contributed by atoms with van der Waals surface area (Å²) in [6, 6.07) is 0. The van der Waals surface area contributed by atoms with Gasteiger partial charge in [-0.2, -0.15) is 0 Å². The van der Waals surface area contributed by atoms with Crippen LogP contribution in [0.4, 0.5) is 0 Å². The standard InChI is InChI=1S/C20H34O/c1-3-4-6-17-8-12-19(13-9-17)20-14-10-18(11-15-20)7-5-16-21-2/h3,5,7,17-20H,1,4,6,8-16H2,2H3/t17-,18-,19-,20-. The van der Waals surface area contributed by atoms with E-state index in [-0.39, 0.29) is 0 Å². The Bertz CT molecular complexity index is 304. The molecule has 120 valence electrons. The lowest BCUT2D eigenvalue weighted by molar-refractivity contribution is 0.152. The van der Waals surface area contributed by atoms with Gasteiger partial charge in [0.15, 0.2) is 0 Å². The first-order valence-corrected chi connectivity index (χ1v) is 9.10. The molecule has 2 saturated carbocycles. The average molecular weight is 290 g/mol. The van der Waals surface area contributed by atoms with E-state index in [1.165, 1.54) is 64.2 Å². The maximum atomic E-state index is 5.09. The zero-order chi connectivity index (χ0) is 14.9. The van der Waals surface area contributed by atoms with Gasteiger partial charge >= 0.3 is 0 Å². The van der Waals surface area contributed by atoms with E-state index in [1.54, 1.807) is 7.11 Å². The van der Waals surface area contributed by atoms with E-state index in [0.717, 1.165) is 30.3 Å². The summed E-state index contributed by atoms with van der Waals surface area (Å²) in [5, 5.41) is 0. The van der Waals surface area contributed by atoms with E-state index in [4.69, 9.17) is 4.74 Å². The minimum absolute atomic E-state index is 0.772. The van der Waals surface area contributed by atoms with Crippen LogP contribution in [0.15, 0.2) is 24.8 Å². The number of methoxy groups -OCH3 is 1. The van der Waals surface area contributed by atoms with Crippen molar-refractivity contribution < 1.29 is 4.74 Å². The SMILES string of the molecule is C=CCC[C@H]1CC[C@H]([C@H]2CC[C@H](C=CCOC)CC2)CC1. The van der Waals surface area contributed by atoms with Gasteiger partial charge in [0.2, 0.25) is 0 Å². The molecule has 0 atom stereocenters. The summed E-state index contributed by atoms with van der Waals surface area (Å²) in [4.78, 5) is 0. The van der Waals surface area contributed by atoms with Crippen molar-refractivity contribution in [2.75, 3.05) is 13.7 Å². The number of ether oxygens (including phenoxy) is 1. The summed E-state index contributed by atoms with van der Waals surface area (Å²) in [6.45, 7) is 4.63. The molecule has 1 nitrogen and oxygen atoms in total. The third-order valence-electron chi connectivity index (χ3n) is 5.82. The van der Waals surface area contributed by atoms with E-state index >= 15 is 0 Å². The predicted molar refractivity (Wildman–Crippen MR) is 91.3 cm³/mol. The minimum atomic E-state index is 0.772. The van der Waals surface area contributed by atoms with Crippen LogP contribution in [0.5, 0.6) is 0 Å². The smallest absolute Gasteiger partial charge is 0.0643 e. The van der Waals surface area contributed by atoms with Crippen LogP contribution in [0.1, 0.15) is 64.2 Å². The van der Waals surface area contributed by atoms with Gasteiger partial charge in [0.25, 0.3) is 0 Å². The molecular formula is C20H34O. The Morgan fingerprint density at radius 1 is 0.952 bits per heavy atom. The van der Waals surface area contributed by atoms with Gasteiger partial charge in [-0.15, -0.1) is 6.58 Å². The van der Waals surface area contributed by atoms with E-state index in [2.05, 4.69) is 24.8 Å². The van der Waals surface area contributed by atoms with Crippen LogP contribution in [0.25, 0.3) is 0 Å². The highest BCUT2D eigenvalue weighted by Crippen LogP contribution is 2.42. The Morgan fingerprint density at radius 2 is 1.57 bits per heavy atom. The first kappa shape index (κ1) is 16.8. The summed E-state index contributed by atoms with van der Waals surface area (Å²) >= 11 is 0. The fraction of sp³-hybridized carbons (Fsp3) is 0.800. The molecule has 21 heavy (non-hydrogen) atoms. The lowest BCUT2D eigenvalue weighted by Gasteiger charge is -2.37. The third kappa shape index (κ3) is 5.62. The van der Waals surface area contributed by atoms with Crippen molar-refractivity contribution in [1.29, 1.82) is 0 Å². The zero-order valence-corrected chi connectivity index (χ0v) is 13.9. The molecule has 0 unspecified atom stereocenters. The molecule has 2 aliphatic carbocycles. The molecule has 1 heteroatoms. The van der Waals surface area contributed by atoms with Crippen LogP contribution in [0, 0.1) is 23.7 Å². The van der Waals surface area contributed by atoms with Crippen LogP contribution in [0.3, 0.4) is 0 Å². The van der Waals surface area contributed by atoms with Gasteiger partial charge in [-0.3, -0.25) is 0 Å². The molecule has 0 saturated heterocycles. The number of hydrogen-bond donors (Lipinski definition) is 0. The molecule has 0 bridgehead atoms. The van der Waals surface area contributed by atoms with Gasteiger partial charge < -0.3 is 4.74 Å². The van der Waals surface area contributed by atoms with Crippen molar-refractivity contribution in [2.45, 2.75) is 64.2 Å². The van der Waals surface area contributed by atoms with Crippen LogP contribution in [-0.4, -0.2) is 13.7 Å². The molecule has 0 amide bonds. The summed E-state index contributed by atoms with van der Waals surface area (Å²) in [5.74, 6) is 3.87. The van der Waals surface area contributed by atoms with Gasteiger partial charge in [0.05, 0.1) is 6.61 Å². The quantitative estimate of drug-likeness (QED) is 0.541. The second-order valence-corrected chi connectivity index (χ2v) is 7.21. The predicted octanol–water partition coefficient (Wildman–Crippen LogP) is 5.77. The maximum Gasteiger partial charge on any atom is 0.0643 e. The van der Waals surface area contributed by atoms with Gasteiger partial charge in [0, 0.05) is 7.11 Å². The molecule has 0 aromatic heterocycles. The fourth-order valence-electron chi connectivity index (χ4n) is 4.45. The molecule has 0 aliphatic heterocycles. The largest absolute Gasteiger partial charge is 0.381 e. The molecule has 0 heterocycles. The highest BCUT2D eigenvalue weighted by molar-refractivity contribution is 4.92. The van der Waals surface area contributed by atoms with Gasteiger partial charge in [-0.25, -0.2) is 0 Å². The molecule has 0 radical (unpaired) electrons. The van der Waals surface area contributed by atoms with Crippen molar-refractivity contribution in [3.05, 3.63) is 24.8 Å². The minimum Gasteiger partial charge on any atom is -0.381 e. The lowest BCUT2D eigenvalue weighted by atomic mass is 9.68. The van der Waals surface area contributed by atoms with E-state index < -0.39 is 0 Å². The van der Waals surface area contributed by atoms with Gasteiger partial charge in [0.1, 0.15) is 0 Å². The second-order valence-electron chi connectivity index (χ2n) is 7.21. The van der Waals surface area contributed by atoms with Crippen molar-refractivity contribution in [1.82, 2.24) is 0 Å². The molecule has 2 aliphatic rings. The van der Waals surface area contributed by atoms with Crippen molar-refractivity contribution in [3.63, 3.8) is 0 Å². The van der Waals surface area contributed by atoms with E-state index in [9.17, 15) is 0 Å². The van der Waals surface area contributed by atoms with E-state index in [0.29, 0.717) is 0 Å². The fourth-order valence-corrected chi connectivity index (χ4v) is 4.45. The summed E-state index contributed by atoms with van der Waals surface area (Å²) in [6.07, 6.45) is 21.0. The first-order valence-electron chi connectivity index (χ1n) is 9.10. The maximum absolute atomic E-state index is 5.09. The number of allylic oxidation sites excluding steroid dienone is 2. The van der Waals surface area contributed by atoms with Crippen LogP contribution in [-0.2, 0) is 4.74 Å². The van der Waals surface area contributed by atoms with Crippen LogP contribution < -0.4 is 0 Å². The topological polar surface area (TPSA) is 9.23 Å². The van der Waals surface area contributed by atoms with Crippen LogP contribution in [0.2, 0.25) is 0 Å². The summed E-state index contributed by atoms with van der Waals surface area (Å²) in [5.41, 5.74) is 0. The normalized spacial score (nSPS) is 34.1. The van der Waals surface area contributed by atoms with E-state index in [1.807, 2.05) is 0 Å². The average Bonchev–Trinajstić information content (AvgIpc) is 2.54. The highest BCUT2D eigenvalue weighted by Gasteiger charge is 2.29. The molecule has 0 aromatic carbocycles. The van der Waals surface area contributed by atoms with Crippen molar-refractivity contribution in [3.8, 4) is 0 Å². The number of hydrogen-bond acceptors (Lipinski definition) is 1. The summed E-state index contributed by atoms with van der Waals surface area (Å²) in [7, 11) is 1.77. The highest BCUT2D eigenvalue weighted by atomic mass is 16.5. The Kier molecular flexibility index (Phi) is 7.57. The molecule has 0 aromatic rings. The lowest BCUT2D eigenvalue weighted by Crippen LogP contribution is -2.25. The monoisotopic (exact) mass is 290 g/mol. The first-order chi connectivity index (χ1) is 10.3. The molecular weight excluding hydrogens is 256 g/mol. The van der Waals surface area contributed by atoms with Gasteiger partial charge in [-0.05, 0) is 75.0 Å². The van der Waals surface area contributed by atoms with Crippen molar-refractivity contribution in [2.24, 2.45) is 23.7 Å². The second kappa shape index (κ2) is 9.46. The molecule has 0 N–H and O–H groups in total. The molecule has 2 rings (SSSR count).